The van der Waals surface area contributed by atoms with Gasteiger partial charge in [0.1, 0.15) is 6.61 Å². The molecule has 29 heavy (non-hydrogen) atoms. The monoisotopic (exact) mass is 400 g/mol. The maximum Gasteiger partial charge on any atom is 0.338 e. The quantitative estimate of drug-likeness (QED) is 0.632. The van der Waals surface area contributed by atoms with Crippen molar-refractivity contribution in [3.63, 3.8) is 0 Å². The normalized spacial score (nSPS) is 18.7. The lowest BCUT2D eigenvalue weighted by atomic mass is 9.87. The minimum atomic E-state index is -0.605. The number of esters is 2. The highest BCUT2D eigenvalue weighted by Crippen LogP contribution is 2.30. The van der Waals surface area contributed by atoms with Crippen LogP contribution in [0.4, 0.5) is 4.39 Å². The second-order valence-electron chi connectivity index (χ2n) is 7.05. The van der Waals surface area contributed by atoms with Gasteiger partial charge in [-0.3, -0.25) is 4.79 Å². The standard InChI is InChI=1S/C23H25FO5/c1-2-27-22(25)17-8-11-19(12-9-17)29-21-13-10-18(14-20(21)24)23(26)28-15-16-6-4-3-5-7-16/h3-7,10,13-14,17,19H,2,8-9,11-12,15H2,1H3/t17-,19+. The predicted molar refractivity (Wildman–Crippen MR) is 105 cm³/mol. The van der Waals surface area contributed by atoms with Crippen molar-refractivity contribution in [3.05, 3.63) is 65.5 Å². The Morgan fingerprint density at radius 2 is 1.72 bits per heavy atom. The minimum Gasteiger partial charge on any atom is -0.487 e. The van der Waals surface area contributed by atoms with Crippen LogP contribution in [0.2, 0.25) is 0 Å². The van der Waals surface area contributed by atoms with E-state index in [9.17, 15) is 14.0 Å². The van der Waals surface area contributed by atoms with Crippen LogP contribution >= 0.6 is 0 Å². The summed E-state index contributed by atoms with van der Waals surface area (Å²) in [6, 6.07) is 13.4. The van der Waals surface area contributed by atoms with Crippen molar-refractivity contribution in [3.8, 4) is 5.75 Å². The fourth-order valence-corrected chi connectivity index (χ4v) is 3.39. The third-order valence-electron chi connectivity index (χ3n) is 4.97. The largest absolute Gasteiger partial charge is 0.487 e. The highest BCUT2D eigenvalue weighted by molar-refractivity contribution is 5.89. The number of rotatable bonds is 7. The average molecular weight is 400 g/mol. The van der Waals surface area contributed by atoms with Crippen molar-refractivity contribution in [2.24, 2.45) is 5.92 Å². The molecule has 0 heterocycles. The number of ether oxygens (including phenoxy) is 3. The Kier molecular flexibility index (Phi) is 7.22. The molecule has 2 aromatic rings. The van der Waals surface area contributed by atoms with Gasteiger partial charge >= 0.3 is 11.9 Å². The van der Waals surface area contributed by atoms with Gasteiger partial charge < -0.3 is 14.2 Å². The third kappa shape index (κ3) is 5.79. The average Bonchev–Trinajstić information content (AvgIpc) is 2.75. The van der Waals surface area contributed by atoms with Crippen molar-refractivity contribution in [1.29, 1.82) is 0 Å². The molecule has 1 aliphatic rings. The lowest BCUT2D eigenvalue weighted by Gasteiger charge is -2.27. The Hall–Kier alpha value is -2.89. The zero-order valence-corrected chi connectivity index (χ0v) is 16.4. The molecule has 2 aromatic carbocycles. The summed E-state index contributed by atoms with van der Waals surface area (Å²) in [7, 11) is 0. The van der Waals surface area contributed by atoms with Crippen LogP contribution in [-0.4, -0.2) is 24.6 Å². The lowest BCUT2D eigenvalue weighted by Crippen LogP contribution is -2.29. The first-order valence-electron chi connectivity index (χ1n) is 9.90. The zero-order chi connectivity index (χ0) is 20.6. The van der Waals surface area contributed by atoms with E-state index in [-0.39, 0.29) is 35.9 Å². The number of halogens is 1. The molecule has 0 atom stereocenters. The SMILES string of the molecule is CCOC(=O)[C@H]1CC[C@@H](Oc2ccc(C(=O)OCc3ccccc3)cc2F)CC1. The van der Waals surface area contributed by atoms with Crippen LogP contribution in [0.15, 0.2) is 48.5 Å². The summed E-state index contributed by atoms with van der Waals surface area (Å²) >= 11 is 0. The topological polar surface area (TPSA) is 61.8 Å². The Bertz CT molecular complexity index is 828. The van der Waals surface area contributed by atoms with Gasteiger partial charge in [0.15, 0.2) is 11.6 Å². The van der Waals surface area contributed by atoms with E-state index in [2.05, 4.69) is 0 Å². The zero-order valence-electron chi connectivity index (χ0n) is 16.4. The molecule has 5 nitrogen and oxygen atoms in total. The molecule has 0 aromatic heterocycles. The number of benzene rings is 2. The Morgan fingerprint density at radius 1 is 1.00 bits per heavy atom. The molecule has 1 aliphatic carbocycles. The summed E-state index contributed by atoms with van der Waals surface area (Å²) in [5.74, 6) is -1.37. The maximum atomic E-state index is 14.4. The fourth-order valence-electron chi connectivity index (χ4n) is 3.39. The molecule has 154 valence electrons. The molecule has 0 N–H and O–H groups in total. The van der Waals surface area contributed by atoms with E-state index in [1.807, 2.05) is 30.3 Å². The molecule has 0 radical (unpaired) electrons. The molecule has 3 rings (SSSR count). The summed E-state index contributed by atoms with van der Waals surface area (Å²) in [6.07, 6.45) is 2.48. The third-order valence-corrected chi connectivity index (χ3v) is 4.97. The van der Waals surface area contributed by atoms with E-state index in [0.29, 0.717) is 32.3 Å². The summed E-state index contributed by atoms with van der Waals surface area (Å²) in [4.78, 5) is 23.9. The van der Waals surface area contributed by atoms with Gasteiger partial charge in [0.2, 0.25) is 0 Å². The first-order chi connectivity index (χ1) is 14.1. The summed E-state index contributed by atoms with van der Waals surface area (Å²) < 4.78 is 30.5. The van der Waals surface area contributed by atoms with Crippen LogP contribution in [-0.2, 0) is 20.9 Å². The molecular weight excluding hydrogens is 375 g/mol. The molecule has 0 saturated heterocycles. The van der Waals surface area contributed by atoms with Crippen LogP contribution < -0.4 is 4.74 Å². The second kappa shape index (κ2) is 10.0. The van der Waals surface area contributed by atoms with E-state index in [4.69, 9.17) is 14.2 Å². The number of hydrogen-bond donors (Lipinski definition) is 0. The van der Waals surface area contributed by atoms with E-state index >= 15 is 0 Å². The second-order valence-corrected chi connectivity index (χ2v) is 7.05. The van der Waals surface area contributed by atoms with Gasteiger partial charge in [-0.05, 0) is 56.4 Å². The van der Waals surface area contributed by atoms with E-state index in [1.165, 1.54) is 12.1 Å². The highest BCUT2D eigenvalue weighted by Gasteiger charge is 2.28. The predicted octanol–water partition coefficient (Wildman–Crippen LogP) is 4.68. The maximum absolute atomic E-state index is 14.4. The van der Waals surface area contributed by atoms with Gasteiger partial charge in [0, 0.05) is 0 Å². The van der Waals surface area contributed by atoms with Crippen LogP contribution in [0.3, 0.4) is 0 Å². The molecule has 1 fully saturated rings. The van der Waals surface area contributed by atoms with Crippen LogP contribution in [0, 0.1) is 11.7 Å². The van der Waals surface area contributed by atoms with Crippen molar-refractivity contribution in [2.45, 2.75) is 45.3 Å². The van der Waals surface area contributed by atoms with E-state index in [1.54, 1.807) is 6.92 Å². The number of carbonyl (C=O) groups excluding carboxylic acids is 2. The first-order valence-corrected chi connectivity index (χ1v) is 9.90. The molecule has 0 bridgehead atoms. The fraction of sp³-hybridized carbons (Fsp3) is 0.391. The minimum absolute atomic E-state index is 0.101. The van der Waals surface area contributed by atoms with Gasteiger partial charge in [-0.2, -0.15) is 0 Å². The van der Waals surface area contributed by atoms with Crippen LogP contribution in [0.5, 0.6) is 5.75 Å². The van der Waals surface area contributed by atoms with Gasteiger partial charge in [-0.15, -0.1) is 0 Å². The molecular formula is C23H25FO5. The van der Waals surface area contributed by atoms with Crippen LogP contribution in [0.25, 0.3) is 0 Å². The van der Waals surface area contributed by atoms with E-state index in [0.717, 1.165) is 11.6 Å². The molecule has 0 spiro atoms. The molecule has 0 unspecified atom stereocenters. The van der Waals surface area contributed by atoms with Crippen molar-refractivity contribution in [1.82, 2.24) is 0 Å². The lowest BCUT2D eigenvalue weighted by molar-refractivity contribution is -0.149. The molecule has 6 heteroatoms. The summed E-state index contributed by atoms with van der Waals surface area (Å²) in [6.45, 7) is 2.29. The van der Waals surface area contributed by atoms with Gasteiger partial charge in [0.25, 0.3) is 0 Å². The Balaban J connectivity index is 1.52. The highest BCUT2D eigenvalue weighted by atomic mass is 19.1. The Morgan fingerprint density at radius 3 is 2.38 bits per heavy atom. The van der Waals surface area contributed by atoms with Gasteiger partial charge in [-0.1, -0.05) is 30.3 Å². The van der Waals surface area contributed by atoms with E-state index < -0.39 is 11.8 Å². The first kappa shape index (κ1) is 20.8. The van der Waals surface area contributed by atoms with Crippen molar-refractivity contribution in [2.75, 3.05) is 6.61 Å². The Labute approximate surface area is 169 Å². The molecule has 0 aliphatic heterocycles. The molecule has 1 saturated carbocycles. The van der Waals surface area contributed by atoms with Crippen molar-refractivity contribution >= 4 is 11.9 Å². The number of carbonyl (C=O) groups is 2. The van der Waals surface area contributed by atoms with Gasteiger partial charge in [-0.25, -0.2) is 9.18 Å². The number of hydrogen-bond acceptors (Lipinski definition) is 5. The summed E-state index contributed by atoms with van der Waals surface area (Å²) in [5.41, 5.74) is 0.997. The van der Waals surface area contributed by atoms with Crippen LogP contribution in [0.1, 0.15) is 48.5 Å². The van der Waals surface area contributed by atoms with Gasteiger partial charge in [0.05, 0.1) is 24.2 Å². The van der Waals surface area contributed by atoms with Crippen molar-refractivity contribution < 1.29 is 28.2 Å². The summed E-state index contributed by atoms with van der Waals surface area (Å²) in [5, 5.41) is 0. The molecule has 0 amide bonds. The smallest absolute Gasteiger partial charge is 0.338 e.